The van der Waals surface area contributed by atoms with Crippen LogP contribution in [0.1, 0.15) is 44.9 Å². The van der Waals surface area contributed by atoms with E-state index in [1.54, 1.807) is 23.2 Å². The van der Waals surface area contributed by atoms with Gasteiger partial charge in [0.2, 0.25) is 5.91 Å². The van der Waals surface area contributed by atoms with Crippen LogP contribution in [-0.4, -0.2) is 39.5 Å². The summed E-state index contributed by atoms with van der Waals surface area (Å²) in [6.07, 6.45) is 1.70. The van der Waals surface area contributed by atoms with Crippen molar-refractivity contribution in [2.75, 3.05) is 13.1 Å². The smallest absolute Gasteiger partial charge is 0.269 e. The number of nitro benzene ring substituents is 1. The van der Waals surface area contributed by atoms with E-state index in [0.717, 1.165) is 17.0 Å². The number of benzene rings is 1. The third-order valence-electron chi connectivity index (χ3n) is 5.55. The number of nitrogens with zero attached hydrogens (tertiary/aromatic N) is 4. The highest BCUT2D eigenvalue weighted by molar-refractivity contribution is 6.08. The minimum Gasteiger partial charge on any atom is -0.343 e. The molecule has 0 spiro atoms. The predicted molar refractivity (Wildman–Crippen MR) is 117 cm³/mol. The van der Waals surface area contributed by atoms with Crippen molar-refractivity contribution < 1.29 is 9.72 Å². The van der Waals surface area contributed by atoms with Crippen LogP contribution < -0.4 is 0 Å². The lowest BCUT2D eigenvalue weighted by Crippen LogP contribution is -2.43. The largest absolute Gasteiger partial charge is 0.343 e. The number of carbonyl (C=O) groups excluding carboxylic acids is 1. The summed E-state index contributed by atoms with van der Waals surface area (Å²) in [4.78, 5) is 35.5. The van der Waals surface area contributed by atoms with E-state index in [4.69, 9.17) is 4.99 Å². The topological polar surface area (TPSA) is 88.7 Å². The van der Waals surface area contributed by atoms with Crippen LogP contribution in [0.25, 0.3) is 5.57 Å². The minimum absolute atomic E-state index is 0.000252. The molecular formula is C23H26N4O3. The fraction of sp³-hybridized carbons (Fsp3) is 0.348. The van der Waals surface area contributed by atoms with Crippen LogP contribution in [0.3, 0.4) is 0 Å². The van der Waals surface area contributed by atoms with Gasteiger partial charge in [-0.25, -0.2) is 0 Å². The maximum Gasteiger partial charge on any atom is 0.269 e. The van der Waals surface area contributed by atoms with Gasteiger partial charge in [0.05, 0.1) is 16.5 Å². The monoisotopic (exact) mass is 406 g/mol. The van der Waals surface area contributed by atoms with Crippen molar-refractivity contribution in [1.29, 1.82) is 0 Å². The second kappa shape index (κ2) is 8.98. The molecule has 1 aromatic heterocycles. The Hall–Kier alpha value is -3.35. The third kappa shape index (κ3) is 4.01. The van der Waals surface area contributed by atoms with Crippen molar-refractivity contribution in [3.8, 4) is 0 Å². The number of allylic oxidation sites excluding steroid dienone is 2. The first-order valence-electron chi connectivity index (χ1n) is 10.1. The summed E-state index contributed by atoms with van der Waals surface area (Å²) in [5, 5.41) is 11.4. The number of carbonyl (C=O) groups is 1. The maximum absolute atomic E-state index is 13.5. The summed E-state index contributed by atoms with van der Waals surface area (Å²) >= 11 is 0. The van der Waals surface area contributed by atoms with Crippen LogP contribution in [0.5, 0.6) is 0 Å². The van der Waals surface area contributed by atoms with E-state index in [1.807, 2.05) is 52.0 Å². The average Bonchev–Trinajstić information content (AvgIpc) is 2.74. The Morgan fingerprint density at radius 2 is 1.87 bits per heavy atom. The molecule has 0 radical (unpaired) electrons. The van der Waals surface area contributed by atoms with Gasteiger partial charge in [0.1, 0.15) is 0 Å². The summed E-state index contributed by atoms with van der Waals surface area (Å²) < 4.78 is 0. The molecule has 0 aliphatic carbocycles. The molecule has 3 rings (SSSR count). The maximum atomic E-state index is 13.5. The lowest BCUT2D eigenvalue weighted by atomic mass is 9.73. The highest BCUT2D eigenvalue weighted by Gasteiger charge is 2.41. The number of aromatic nitrogens is 1. The number of nitro groups is 1. The summed E-state index contributed by atoms with van der Waals surface area (Å²) in [5.74, 6) is -0.989. The number of non-ortho nitro benzene ring substituents is 1. The molecule has 0 saturated heterocycles. The standard InChI is InChI=1S/C23H26N4O3/c1-5-26(6-2)23(28)21-16(4)25-15(3)20(19-12-7-8-13-24-19)22(21)17-10-9-11-18(14-17)27(29)30/h7-14,21-22H,5-6H2,1-4H3. The zero-order chi connectivity index (χ0) is 21.8. The SMILES string of the molecule is CCN(CC)C(=O)C1C(C)=NC(C)=C(c2ccccn2)C1c1cccc([N+](=O)[O-])c1. The van der Waals surface area contributed by atoms with E-state index in [2.05, 4.69) is 4.98 Å². The van der Waals surface area contributed by atoms with Crippen LogP contribution >= 0.6 is 0 Å². The van der Waals surface area contributed by atoms with E-state index in [0.29, 0.717) is 24.4 Å². The average molecular weight is 406 g/mol. The summed E-state index contributed by atoms with van der Waals surface area (Å²) in [6.45, 7) is 8.81. The molecule has 1 amide bonds. The Morgan fingerprint density at radius 1 is 1.13 bits per heavy atom. The van der Waals surface area contributed by atoms with E-state index in [9.17, 15) is 14.9 Å². The van der Waals surface area contributed by atoms with Gasteiger partial charge in [0, 0.05) is 54.3 Å². The normalized spacial score (nSPS) is 18.7. The van der Waals surface area contributed by atoms with Gasteiger partial charge in [0.15, 0.2) is 0 Å². The Kier molecular flexibility index (Phi) is 6.40. The van der Waals surface area contributed by atoms with Crippen molar-refractivity contribution in [1.82, 2.24) is 9.88 Å². The molecule has 30 heavy (non-hydrogen) atoms. The van der Waals surface area contributed by atoms with Crippen molar-refractivity contribution in [2.45, 2.75) is 33.6 Å². The predicted octanol–water partition coefficient (Wildman–Crippen LogP) is 4.46. The number of pyridine rings is 1. The van der Waals surface area contributed by atoms with Gasteiger partial charge in [-0.2, -0.15) is 0 Å². The fourth-order valence-corrected chi connectivity index (χ4v) is 4.14. The van der Waals surface area contributed by atoms with E-state index in [1.165, 1.54) is 6.07 Å². The van der Waals surface area contributed by atoms with Gasteiger partial charge in [-0.3, -0.25) is 24.9 Å². The molecule has 2 heterocycles. The molecule has 1 aliphatic heterocycles. The quantitative estimate of drug-likeness (QED) is 0.523. The van der Waals surface area contributed by atoms with E-state index < -0.39 is 16.8 Å². The first-order valence-corrected chi connectivity index (χ1v) is 10.1. The van der Waals surface area contributed by atoms with Gasteiger partial charge in [0.25, 0.3) is 5.69 Å². The van der Waals surface area contributed by atoms with Gasteiger partial charge in [-0.1, -0.05) is 18.2 Å². The number of hydrogen-bond donors (Lipinski definition) is 0. The van der Waals surface area contributed by atoms with Crippen LogP contribution in [0.2, 0.25) is 0 Å². The van der Waals surface area contributed by atoms with E-state index in [-0.39, 0.29) is 11.6 Å². The van der Waals surface area contributed by atoms with E-state index >= 15 is 0 Å². The highest BCUT2D eigenvalue weighted by atomic mass is 16.6. The van der Waals surface area contributed by atoms with Gasteiger partial charge in [-0.05, 0) is 45.4 Å². The lowest BCUT2D eigenvalue weighted by Gasteiger charge is -2.35. The van der Waals surface area contributed by atoms with Gasteiger partial charge in [-0.15, -0.1) is 0 Å². The summed E-state index contributed by atoms with van der Waals surface area (Å²) in [6, 6.07) is 12.1. The Morgan fingerprint density at radius 3 is 2.47 bits per heavy atom. The first kappa shape index (κ1) is 21.4. The van der Waals surface area contributed by atoms with Gasteiger partial charge >= 0.3 is 0 Å². The second-order valence-electron chi connectivity index (χ2n) is 7.29. The van der Waals surface area contributed by atoms with Crippen molar-refractivity contribution >= 4 is 22.9 Å². The van der Waals surface area contributed by atoms with Crippen LogP contribution in [0.4, 0.5) is 5.69 Å². The number of rotatable bonds is 6. The van der Waals surface area contributed by atoms with Crippen molar-refractivity contribution in [3.05, 3.63) is 75.7 Å². The minimum atomic E-state index is -0.549. The van der Waals surface area contributed by atoms with Crippen LogP contribution in [0, 0.1) is 16.0 Å². The molecule has 0 N–H and O–H groups in total. The number of amides is 1. The van der Waals surface area contributed by atoms with Crippen LogP contribution in [0.15, 0.2) is 59.4 Å². The zero-order valence-corrected chi connectivity index (χ0v) is 17.7. The Labute approximate surface area is 176 Å². The molecule has 0 saturated carbocycles. The molecule has 0 fully saturated rings. The van der Waals surface area contributed by atoms with Crippen molar-refractivity contribution in [2.24, 2.45) is 10.9 Å². The first-order chi connectivity index (χ1) is 14.4. The highest BCUT2D eigenvalue weighted by Crippen LogP contribution is 2.44. The van der Waals surface area contributed by atoms with Gasteiger partial charge < -0.3 is 4.90 Å². The lowest BCUT2D eigenvalue weighted by molar-refractivity contribution is -0.384. The zero-order valence-electron chi connectivity index (χ0n) is 17.7. The molecular weight excluding hydrogens is 380 g/mol. The van der Waals surface area contributed by atoms with Crippen LogP contribution in [-0.2, 0) is 4.79 Å². The molecule has 156 valence electrons. The number of aliphatic imine (C=N–C) groups is 1. The molecule has 2 atom stereocenters. The molecule has 7 nitrogen and oxygen atoms in total. The Balaban J connectivity index is 2.24. The second-order valence-corrected chi connectivity index (χ2v) is 7.29. The molecule has 7 heteroatoms. The summed E-state index contributed by atoms with van der Waals surface area (Å²) in [7, 11) is 0. The Bertz CT molecular complexity index is 1010. The van der Waals surface area contributed by atoms with Crippen molar-refractivity contribution in [3.63, 3.8) is 0 Å². The fourth-order valence-electron chi connectivity index (χ4n) is 4.14. The molecule has 1 aliphatic rings. The third-order valence-corrected chi connectivity index (χ3v) is 5.55. The molecule has 0 bridgehead atoms. The number of hydrogen-bond acceptors (Lipinski definition) is 5. The summed E-state index contributed by atoms with van der Waals surface area (Å²) in [5.41, 5.74) is 3.74. The molecule has 2 aromatic rings. The molecule has 2 unspecified atom stereocenters. The molecule has 1 aromatic carbocycles.